The molecule has 1 aromatic heterocycles. The Morgan fingerprint density at radius 3 is 2.81 bits per heavy atom. The number of aromatic amines is 1. The number of hydrogen-bond donors (Lipinski definition) is 2. The van der Waals surface area contributed by atoms with E-state index >= 15 is 0 Å². The van der Waals surface area contributed by atoms with E-state index in [1.807, 2.05) is 6.07 Å². The number of nitrogens with two attached hydrogens (primary N) is 1. The second kappa shape index (κ2) is 4.90. The SMILES string of the molecule is NC(Cc1ncc[nH]1)Cc1ccccc1F. The summed E-state index contributed by atoms with van der Waals surface area (Å²) in [7, 11) is 0. The number of hydrogen-bond acceptors (Lipinski definition) is 2. The molecule has 1 atom stereocenters. The van der Waals surface area contributed by atoms with Gasteiger partial charge in [-0.15, -0.1) is 0 Å². The average molecular weight is 219 g/mol. The highest BCUT2D eigenvalue weighted by Gasteiger charge is 2.09. The molecule has 4 heteroatoms. The van der Waals surface area contributed by atoms with Gasteiger partial charge < -0.3 is 10.7 Å². The molecule has 1 unspecified atom stereocenters. The van der Waals surface area contributed by atoms with Crippen molar-refractivity contribution in [3.05, 3.63) is 53.9 Å². The molecule has 1 heterocycles. The first-order chi connectivity index (χ1) is 7.75. The lowest BCUT2D eigenvalue weighted by Crippen LogP contribution is -2.26. The number of nitrogens with one attached hydrogen (secondary N) is 1. The van der Waals surface area contributed by atoms with E-state index in [1.54, 1.807) is 24.5 Å². The molecule has 0 saturated carbocycles. The van der Waals surface area contributed by atoms with E-state index in [4.69, 9.17) is 5.73 Å². The highest BCUT2D eigenvalue weighted by atomic mass is 19.1. The lowest BCUT2D eigenvalue weighted by molar-refractivity contribution is 0.579. The van der Waals surface area contributed by atoms with E-state index in [0.29, 0.717) is 18.4 Å². The molecule has 0 amide bonds. The Balaban J connectivity index is 1.97. The number of benzene rings is 1. The van der Waals surface area contributed by atoms with Crippen LogP contribution in [0.3, 0.4) is 0 Å². The van der Waals surface area contributed by atoms with Crippen molar-refractivity contribution in [1.82, 2.24) is 9.97 Å². The first kappa shape index (κ1) is 10.8. The van der Waals surface area contributed by atoms with Crippen LogP contribution >= 0.6 is 0 Å². The smallest absolute Gasteiger partial charge is 0.126 e. The van der Waals surface area contributed by atoms with Gasteiger partial charge in [0.1, 0.15) is 11.6 Å². The summed E-state index contributed by atoms with van der Waals surface area (Å²) >= 11 is 0. The van der Waals surface area contributed by atoms with Crippen molar-refractivity contribution in [3.63, 3.8) is 0 Å². The van der Waals surface area contributed by atoms with Crippen LogP contribution in [-0.2, 0) is 12.8 Å². The zero-order valence-electron chi connectivity index (χ0n) is 8.86. The van der Waals surface area contributed by atoms with Crippen molar-refractivity contribution in [1.29, 1.82) is 0 Å². The van der Waals surface area contributed by atoms with Gasteiger partial charge in [0.15, 0.2) is 0 Å². The first-order valence-corrected chi connectivity index (χ1v) is 5.23. The lowest BCUT2D eigenvalue weighted by atomic mass is 10.0. The highest BCUT2D eigenvalue weighted by molar-refractivity contribution is 5.18. The number of rotatable bonds is 4. The standard InChI is InChI=1S/C12H14FN3/c13-11-4-2-1-3-9(11)7-10(14)8-12-15-5-6-16-12/h1-6,10H,7-8,14H2,(H,15,16). The van der Waals surface area contributed by atoms with Crippen LogP contribution in [0.4, 0.5) is 4.39 Å². The van der Waals surface area contributed by atoms with Gasteiger partial charge in [-0.25, -0.2) is 9.37 Å². The Morgan fingerprint density at radius 1 is 1.31 bits per heavy atom. The van der Waals surface area contributed by atoms with Gasteiger partial charge in [-0.05, 0) is 18.1 Å². The molecule has 0 spiro atoms. The maximum absolute atomic E-state index is 13.3. The third-order valence-electron chi connectivity index (χ3n) is 2.45. The predicted octanol–water partition coefficient (Wildman–Crippen LogP) is 1.66. The van der Waals surface area contributed by atoms with Gasteiger partial charge in [-0.2, -0.15) is 0 Å². The van der Waals surface area contributed by atoms with Gasteiger partial charge in [0.05, 0.1) is 0 Å². The maximum atomic E-state index is 13.3. The van der Waals surface area contributed by atoms with Crippen LogP contribution in [0, 0.1) is 5.82 Å². The summed E-state index contributed by atoms with van der Waals surface area (Å²) in [6.45, 7) is 0. The van der Waals surface area contributed by atoms with Crippen LogP contribution < -0.4 is 5.73 Å². The zero-order chi connectivity index (χ0) is 11.4. The molecule has 3 N–H and O–H groups in total. The molecule has 0 bridgehead atoms. The van der Waals surface area contributed by atoms with Crippen LogP contribution in [0.25, 0.3) is 0 Å². The van der Waals surface area contributed by atoms with Crippen LogP contribution in [0.1, 0.15) is 11.4 Å². The van der Waals surface area contributed by atoms with Crippen LogP contribution in [0.15, 0.2) is 36.7 Å². The molecule has 1 aromatic carbocycles. The van der Waals surface area contributed by atoms with Gasteiger partial charge in [-0.3, -0.25) is 0 Å². The Kier molecular flexibility index (Phi) is 3.31. The molecule has 0 saturated heterocycles. The van der Waals surface area contributed by atoms with Crippen molar-refractivity contribution in [2.45, 2.75) is 18.9 Å². The van der Waals surface area contributed by atoms with Gasteiger partial charge in [0.25, 0.3) is 0 Å². The third kappa shape index (κ3) is 2.67. The van der Waals surface area contributed by atoms with E-state index in [1.165, 1.54) is 6.07 Å². The summed E-state index contributed by atoms with van der Waals surface area (Å²) in [5.74, 6) is 0.640. The molecule has 84 valence electrons. The van der Waals surface area contributed by atoms with Gasteiger partial charge >= 0.3 is 0 Å². The largest absolute Gasteiger partial charge is 0.349 e. The predicted molar refractivity (Wildman–Crippen MR) is 60.4 cm³/mol. The monoisotopic (exact) mass is 219 g/mol. The van der Waals surface area contributed by atoms with Crippen molar-refractivity contribution in [2.75, 3.05) is 0 Å². The molecule has 0 aliphatic rings. The van der Waals surface area contributed by atoms with Crippen molar-refractivity contribution >= 4 is 0 Å². The minimum Gasteiger partial charge on any atom is -0.349 e. The Hall–Kier alpha value is -1.68. The van der Waals surface area contributed by atoms with E-state index in [2.05, 4.69) is 9.97 Å². The normalized spacial score (nSPS) is 12.6. The first-order valence-electron chi connectivity index (χ1n) is 5.23. The van der Waals surface area contributed by atoms with Gasteiger partial charge in [-0.1, -0.05) is 18.2 Å². The van der Waals surface area contributed by atoms with Crippen LogP contribution in [0.5, 0.6) is 0 Å². The Bertz CT molecular complexity index is 439. The molecule has 0 radical (unpaired) electrons. The highest BCUT2D eigenvalue weighted by Crippen LogP contribution is 2.09. The number of aromatic nitrogens is 2. The fourth-order valence-electron chi connectivity index (χ4n) is 1.68. The minimum atomic E-state index is -0.197. The molecule has 0 aliphatic heterocycles. The number of H-pyrrole nitrogens is 1. The summed E-state index contributed by atoms with van der Waals surface area (Å²) in [6, 6.07) is 6.59. The Labute approximate surface area is 93.5 Å². The minimum absolute atomic E-state index is 0.122. The molecule has 0 aliphatic carbocycles. The van der Waals surface area contributed by atoms with Crippen molar-refractivity contribution in [2.24, 2.45) is 5.73 Å². The number of nitrogens with zero attached hydrogens (tertiary/aromatic N) is 1. The topological polar surface area (TPSA) is 54.7 Å². The second-order valence-electron chi connectivity index (χ2n) is 3.80. The van der Waals surface area contributed by atoms with E-state index in [-0.39, 0.29) is 11.9 Å². The van der Waals surface area contributed by atoms with Crippen LogP contribution in [-0.4, -0.2) is 16.0 Å². The summed E-state index contributed by atoms with van der Waals surface area (Å²) < 4.78 is 13.3. The van der Waals surface area contributed by atoms with E-state index < -0.39 is 0 Å². The summed E-state index contributed by atoms with van der Waals surface area (Å²) in [5, 5.41) is 0. The zero-order valence-corrected chi connectivity index (χ0v) is 8.86. The molecular weight excluding hydrogens is 205 g/mol. The molecular formula is C12H14FN3. The Morgan fingerprint density at radius 2 is 2.12 bits per heavy atom. The fourth-order valence-corrected chi connectivity index (χ4v) is 1.68. The van der Waals surface area contributed by atoms with Crippen LogP contribution in [0.2, 0.25) is 0 Å². The molecule has 16 heavy (non-hydrogen) atoms. The van der Waals surface area contributed by atoms with E-state index in [9.17, 15) is 4.39 Å². The van der Waals surface area contributed by atoms with Gasteiger partial charge in [0.2, 0.25) is 0 Å². The maximum Gasteiger partial charge on any atom is 0.126 e. The number of imidazole rings is 1. The van der Waals surface area contributed by atoms with Crippen molar-refractivity contribution in [3.8, 4) is 0 Å². The summed E-state index contributed by atoms with van der Waals surface area (Å²) in [5.41, 5.74) is 6.59. The third-order valence-corrected chi connectivity index (χ3v) is 2.45. The number of halogens is 1. The lowest BCUT2D eigenvalue weighted by Gasteiger charge is -2.10. The van der Waals surface area contributed by atoms with Crippen molar-refractivity contribution < 1.29 is 4.39 Å². The molecule has 0 fully saturated rings. The average Bonchev–Trinajstić information content (AvgIpc) is 2.74. The molecule has 3 nitrogen and oxygen atoms in total. The summed E-state index contributed by atoms with van der Waals surface area (Å²) in [6.07, 6.45) is 4.59. The quantitative estimate of drug-likeness (QED) is 0.821. The second-order valence-corrected chi connectivity index (χ2v) is 3.80. The van der Waals surface area contributed by atoms with Gasteiger partial charge in [0, 0.05) is 24.9 Å². The summed E-state index contributed by atoms with van der Waals surface area (Å²) in [4.78, 5) is 7.07. The molecule has 2 rings (SSSR count). The fraction of sp³-hybridized carbons (Fsp3) is 0.250. The molecule has 2 aromatic rings. The van der Waals surface area contributed by atoms with E-state index in [0.717, 1.165) is 5.82 Å².